The van der Waals surface area contributed by atoms with Crippen molar-refractivity contribution in [3.8, 4) is 0 Å². The Morgan fingerprint density at radius 3 is 2.29 bits per heavy atom. The van der Waals surface area contributed by atoms with E-state index in [-0.39, 0.29) is 5.75 Å². The summed E-state index contributed by atoms with van der Waals surface area (Å²) in [5.41, 5.74) is -0.0238. The highest BCUT2D eigenvalue weighted by Crippen LogP contribution is 2.18. The van der Waals surface area contributed by atoms with E-state index in [0.717, 1.165) is 12.1 Å². The molecule has 0 aliphatic carbocycles. The van der Waals surface area contributed by atoms with Crippen LogP contribution in [0.2, 0.25) is 5.02 Å². The normalized spacial score (nSPS) is 12.1. The van der Waals surface area contributed by atoms with E-state index < -0.39 is 39.5 Å². The molecule has 2 aromatic rings. The van der Waals surface area contributed by atoms with E-state index in [0.29, 0.717) is 10.6 Å². The lowest BCUT2D eigenvalue weighted by molar-refractivity contribution is 0.101. The van der Waals surface area contributed by atoms with Crippen LogP contribution >= 0.6 is 11.6 Å². The summed E-state index contributed by atoms with van der Waals surface area (Å²) in [7, 11) is -1.60. The number of rotatable bonds is 5. The van der Waals surface area contributed by atoms with E-state index in [1.54, 1.807) is 24.3 Å². The van der Waals surface area contributed by atoms with Gasteiger partial charge in [-0.2, -0.15) is 0 Å². The average molecular weight is 329 g/mol. The second kappa shape index (κ2) is 6.91. The van der Waals surface area contributed by atoms with Crippen molar-refractivity contribution in [3.63, 3.8) is 0 Å². The fourth-order valence-corrected chi connectivity index (χ4v) is 3.24. The number of hydrogen-bond donors (Lipinski definition) is 0. The molecule has 0 aliphatic heterocycles. The molecule has 0 bridgehead atoms. The molecule has 0 radical (unpaired) electrons. The van der Waals surface area contributed by atoms with Crippen molar-refractivity contribution < 1.29 is 17.8 Å². The summed E-state index contributed by atoms with van der Waals surface area (Å²) in [6, 6.07) is 9.95. The van der Waals surface area contributed by atoms with Crippen LogP contribution in [0.4, 0.5) is 8.78 Å². The number of benzene rings is 2. The van der Waals surface area contributed by atoms with Crippen LogP contribution in [0.15, 0.2) is 42.5 Å². The van der Waals surface area contributed by atoms with Crippen molar-refractivity contribution in [1.29, 1.82) is 0 Å². The smallest absolute Gasteiger partial charge is 0.181 e. The summed E-state index contributed by atoms with van der Waals surface area (Å²) in [6.07, 6.45) is 0. The number of carbonyl (C=O) groups is 1. The second-order valence-electron chi connectivity index (χ2n) is 4.34. The molecular weight excluding hydrogens is 318 g/mol. The zero-order valence-corrected chi connectivity index (χ0v) is 12.4. The molecule has 1 unspecified atom stereocenters. The molecule has 21 heavy (non-hydrogen) atoms. The minimum absolute atomic E-state index is 0.0570. The Hall–Kier alpha value is -1.59. The Morgan fingerprint density at radius 2 is 1.67 bits per heavy atom. The Morgan fingerprint density at radius 1 is 1.05 bits per heavy atom. The highest BCUT2D eigenvalue weighted by molar-refractivity contribution is 7.85. The molecule has 2 aromatic carbocycles. The summed E-state index contributed by atoms with van der Waals surface area (Å²) < 4.78 is 38.9. The van der Waals surface area contributed by atoms with Crippen molar-refractivity contribution in [2.75, 3.05) is 5.75 Å². The van der Waals surface area contributed by atoms with E-state index in [1.165, 1.54) is 6.07 Å². The van der Waals surface area contributed by atoms with Gasteiger partial charge in [-0.3, -0.25) is 9.00 Å². The van der Waals surface area contributed by atoms with E-state index in [2.05, 4.69) is 0 Å². The van der Waals surface area contributed by atoms with E-state index in [9.17, 15) is 17.8 Å². The van der Waals surface area contributed by atoms with Crippen molar-refractivity contribution in [2.24, 2.45) is 0 Å². The predicted molar refractivity (Wildman–Crippen MR) is 78.9 cm³/mol. The number of ketones is 1. The lowest BCUT2D eigenvalue weighted by Crippen LogP contribution is -2.15. The van der Waals surface area contributed by atoms with Crippen LogP contribution in [0, 0.1) is 11.6 Å². The van der Waals surface area contributed by atoms with Gasteiger partial charge in [-0.25, -0.2) is 8.78 Å². The second-order valence-corrected chi connectivity index (χ2v) is 6.20. The fourth-order valence-electron chi connectivity index (χ4n) is 1.82. The summed E-state index contributed by atoms with van der Waals surface area (Å²) in [5, 5.41) is 0.440. The summed E-state index contributed by atoms with van der Waals surface area (Å²) >= 11 is 5.93. The first-order chi connectivity index (χ1) is 9.99. The van der Waals surface area contributed by atoms with Crippen LogP contribution in [-0.4, -0.2) is 15.7 Å². The number of hydrogen-bond acceptors (Lipinski definition) is 2. The minimum atomic E-state index is -1.60. The first-order valence-corrected chi connectivity index (χ1v) is 7.91. The summed E-state index contributed by atoms with van der Waals surface area (Å²) in [4.78, 5) is 11.9. The third-order valence-electron chi connectivity index (χ3n) is 2.81. The topological polar surface area (TPSA) is 34.1 Å². The summed E-state index contributed by atoms with van der Waals surface area (Å²) in [6.45, 7) is 0. The molecule has 2 nitrogen and oxygen atoms in total. The lowest BCUT2D eigenvalue weighted by Gasteiger charge is -2.06. The number of halogens is 3. The van der Waals surface area contributed by atoms with Crippen molar-refractivity contribution in [1.82, 2.24) is 0 Å². The number of Topliss-reactive ketones (excluding diaryl/α,β-unsaturated/α-hetero) is 1. The zero-order chi connectivity index (χ0) is 15.4. The Bertz CT molecular complexity index is 684. The maximum Gasteiger partial charge on any atom is 0.181 e. The molecule has 0 fully saturated rings. The van der Waals surface area contributed by atoms with Gasteiger partial charge < -0.3 is 0 Å². The third kappa shape index (κ3) is 3.95. The van der Waals surface area contributed by atoms with Crippen LogP contribution < -0.4 is 0 Å². The van der Waals surface area contributed by atoms with Gasteiger partial charge in [-0.05, 0) is 23.8 Å². The molecule has 0 spiro atoms. The molecule has 0 saturated heterocycles. The standard InChI is InChI=1S/C15H11ClF2O2S/c16-11-5-2-1-4-10(11)8-21(20)9-14(19)15-12(17)6-3-7-13(15)18/h1-7H,8-9H2. The maximum atomic E-state index is 13.5. The van der Waals surface area contributed by atoms with Crippen molar-refractivity contribution >= 4 is 28.2 Å². The molecule has 0 aromatic heterocycles. The molecular formula is C15H11ClF2O2S. The van der Waals surface area contributed by atoms with Gasteiger partial charge in [0.05, 0.1) is 17.1 Å². The Balaban J connectivity index is 2.10. The van der Waals surface area contributed by atoms with Gasteiger partial charge in [0.2, 0.25) is 0 Å². The quantitative estimate of drug-likeness (QED) is 0.783. The highest BCUT2D eigenvalue weighted by Gasteiger charge is 2.19. The van der Waals surface area contributed by atoms with E-state index >= 15 is 0 Å². The summed E-state index contributed by atoms with van der Waals surface area (Å²) in [5.74, 6) is -3.12. The highest BCUT2D eigenvalue weighted by atomic mass is 35.5. The molecule has 0 amide bonds. The fraction of sp³-hybridized carbons (Fsp3) is 0.133. The Labute approximate surface area is 128 Å². The van der Waals surface area contributed by atoms with Gasteiger partial charge in [-0.1, -0.05) is 35.9 Å². The molecule has 0 aliphatic rings. The van der Waals surface area contributed by atoms with Crippen LogP contribution in [0.25, 0.3) is 0 Å². The largest absolute Gasteiger partial charge is 0.293 e. The van der Waals surface area contributed by atoms with Crippen LogP contribution in [0.5, 0.6) is 0 Å². The van der Waals surface area contributed by atoms with Crippen LogP contribution in [0.1, 0.15) is 15.9 Å². The van der Waals surface area contributed by atoms with Gasteiger partial charge >= 0.3 is 0 Å². The van der Waals surface area contributed by atoms with Gasteiger partial charge in [-0.15, -0.1) is 0 Å². The molecule has 0 heterocycles. The van der Waals surface area contributed by atoms with Gasteiger partial charge in [0.15, 0.2) is 5.78 Å². The lowest BCUT2D eigenvalue weighted by atomic mass is 10.1. The molecule has 0 N–H and O–H groups in total. The molecule has 110 valence electrons. The maximum absolute atomic E-state index is 13.5. The van der Waals surface area contributed by atoms with Crippen molar-refractivity contribution in [2.45, 2.75) is 5.75 Å². The average Bonchev–Trinajstić information content (AvgIpc) is 2.41. The molecule has 2 rings (SSSR count). The predicted octanol–water partition coefficient (Wildman–Crippen LogP) is 3.75. The molecule has 6 heteroatoms. The minimum Gasteiger partial charge on any atom is -0.293 e. The molecule has 0 saturated carbocycles. The van der Waals surface area contributed by atoms with E-state index in [4.69, 9.17) is 11.6 Å². The van der Waals surface area contributed by atoms with E-state index in [1.807, 2.05) is 0 Å². The van der Waals surface area contributed by atoms with Gasteiger partial charge in [0, 0.05) is 15.8 Å². The van der Waals surface area contributed by atoms with Gasteiger partial charge in [0.1, 0.15) is 11.6 Å². The molecule has 1 atom stereocenters. The SMILES string of the molecule is O=C(CS(=O)Cc1ccccc1Cl)c1c(F)cccc1F. The number of carbonyl (C=O) groups excluding carboxylic acids is 1. The first kappa shape index (κ1) is 15.8. The Kier molecular flexibility index (Phi) is 5.20. The first-order valence-electron chi connectivity index (χ1n) is 6.04. The van der Waals surface area contributed by atoms with Gasteiger partial charge in [0.25, 0.3) is 0 Å². The third-order valence-corrected chi connectivity index (χ3v) is 4.39. The van der Waals surface area contributed by atoms with Crippen LogP contribution in [0.3, 0.4) is 0 Å². The monoisotopic (exact) mass is 328 g/mol. The van der Waals surface area contributed by atoms with Crippen molar-refractivity contribution in [3.05, 3.63) is 70.2 Å². The van der Waals surface area contributed by atoms with Crippen LogP contribution in [-0.2, 0) is 16.6 Å². The zero-order valence-electron chi connectivity index (χ0n) is 10.8.